The van der Waals surface area contributed by atoms with Crippen molar-refractivity contribution in [2.24, 2.45) is 0 Å². The molecule has 18 nitrogen and oxygen atoms in total. The summed E-state index contributed by atoms with van der Waals surface area (Å²) in [5.74, 6) is -5.69. The number of pyridine rings is 8. The second-order valence-electron chi connectivity index (χ2n) is 30.8. The van der Waals surface area contributed by atoms with Crippen LogP contribution in [0.15, 0.2) is 424 Å². The van der Waals surface area contributed by atoms with Crippen LogP contribution in [0.5, 0.6) is 0 Å². The van der Waals surface area contributed by atoms with E-state index in [4.69, 9.17) is 20.4 Å². The summed E-state index contributed by atoms with van der Waals surface area (Å²) < 4.78 is 72.0. The standard InChI is InChI=1S/C19H12N.C15H10N.C13H8NS.C13H8N.2C12H8N2.C10H7F3O2.C8H5F3O2S.3C5H8O2.Dy.Eu.3Ir.Tb/c1-2-7-16-13-17(10-9-14(16)5-1)19-18-8-4-3-6-15(18)11-12-20-19;1-2-6-12(7-3-1)15-11-10-13-8-4-5-9-14(13)16-15;1-2-7-12-10(5-1)9-13(15-12)11-6-3-4-8-14-11;1-2-6-12-10(4-1)7-8-11-5-3-9-14-13(11)12;2*1-3-9-5-6-10-4-2-8-14-12(10)11(9)13-7-1;11-10(12,13)9(15)6-8(14)7-4-2-1-3-5-7;9-8(10,11)7(13)4-5(12)6-2-1-3-14-6;3*1-4(6)3-5(2)7;;;;;;/h1-9,11-13H;1-6,8-11H;1-8H;1-5,7-9H;2*1-8H;1-6,14H;1-4,12H;3*3,6H,1-2H3;;;;;;/q4*-1;;;;;;;;;;;;;. The van der Waals surface area contributed by atoms with Gasteiger partial charge in [0, 0.05) is 293 Å². The Kier molecular flexibility index (Phi) is 56.1. The number of carbonyl (C=O) groups is 5. The van der Waals surface area contributed by atoms with Crippen molar-refractivity contribution in [2.75, 3.05) is 0 Å². The summed E-state index contributed by atoms with van der Waals surface area (Å²) >= 11 is 2.78. The van der Waals surface area contributed by atoms with Crippen LogP contribution in [-0.2, 0) is 84.3 Å². The van der Waals surface area contributed by atoms with Crippen molar-refractivity contribution in [2.45, 2.75) is 53.9 Å². The molecule has 0 aliphatic carbocycles. The second kappa shape index (κ2) is 65.4. The number of rotatable bonds is 10. The number of aliphatic hydroxyl groups is 5. The van der Waals surface area contributed by atoms with Gasteiger partial charge in [-0.1, -0.05) is 212 Å². The Morgan fingerprint density at radius 2 is 0.779 bits per heavy atom. The number of para-hydroxylation sites is 1. The summed E-state index contributed by atoms with van der Waals surface area (Å²) in [7, 11) is 0. The summed E-state index contributed by atoms with van der Waals surface area (Å²) in [5.41, 5.74) is 11.2. The van der Waals surface area contributed by atoms with Gasteiger partial charge in [-0.3, -0.25) is 48.9 Å². The van der Waals surface area contributed by atoms with Crippen molar-refractivity contribution in [1.29, 1.82) is 0 Å². The number of aliphatic hydroxyl groups excluding tert-OH is 5. The summed E-state index contributed by atoms with van der Waals surface area (Å²) in [4.78, 5) is 87.5. The molecule has 0 amide bonds. The molecule has 21 rings (SSSR count). The van der Waals surface area contributed by atoms with E-state index in [-0.39, 0.29) is 244 Å². The maximum Gasteiger partial charge on any atom is 0.454 e. The average Bonchev–Trinajstić information content (AvgIpc) is 1.69. The minimum Gasteiger partial charge on any atom is -0.512 e. The van der Waals surface area contributed by atoms with Gasteiger partial charge in [0.25, 0.3) is 11.6 Å². The van der Waals surface area contributed by atoms with E-state index in [0.717, 1.165) is 104 Å². The fourth-order valence-electron chi connectivity index (χ4n) is 13.5. The first-order chi connectivity index (χ1) is 68.8. The van der Waals surface area contributed by atoms with Crippen molar-refractivity contribution in [3.8, 4) is 33.1 Å². The molecule has 0 saturated heterocycles. The molecule has 5 N–H and O–H groups in total. The van der Waals surface area contributed by atoms with Crippen LogP contribution in [0.2, 0.25) is 0 Å². The minimum absolute atomic E-state index is 0. The van der Waals surface area contributed by atoms with Crippen LogP contribution in [0.25, 0.3) is 152 Å². The number of aromatic nitrogens is 8. The molecule has 10 heterocycles. The Morgan fingerprint density at radius 3 is 1.26 bits per heavy atom. The van der Waals surface area contributed by atoms with E-state index in [1.807, 2.05) is 152 Å². The number of carbonyl (C=O) groups excluding carboxylic acids is 5. The topological polar surface area (TPSA) is 290 Å². The number of alkyl halides is 6. The molecule has 32 heteroatoms. The van der Waals surface area contributed by atoms with Crippen molar-refractivity contribution < 1.29 is 262 Å². The number of allylic oxidation sites excluding steroid dienone is 8. The molecule has 0 unspecified atom stereocenters. The third kappa shape index (κ3) is 41.2. The Balaban J connectivity index is 0.000000290. The minimum atomic E-state index is -4.96. The molecule has 0 bridgehead atoms. The number of thiophene rings is 2. The maximum absolute atomic E-state index is 11.8. The van der Waals surface area contributed by atoms with Gasteiger partial charge in [0.2, 0.25) is 0 Å². The Bertz CT molecular complexity index is 7590. The second-order valence-corrected chi connectivity index (χ2v) is 32.8. The summed E-state index contributed by atoms with van der Waals surface area (Å²) in [6.45, 7) is 8.54. The molecule has 0 aliphatic rings. The van der Waals surface area contributed by atoms with E-state index in [1.165, 1.54) is 138 Å². The van der Waals surface area contributed by atoms with E-state index in [2.05, 4.69) is 216 Å². The van der Waals surface area contributed by atoms with Crippen LogP contribution in [0, 0.1) is 150 Å². The number of nitrogens with zero attached hydrogens (tertiary/aromatic N) is 8. The normalized spacial score (nSPS) is 10.8. The summed E-state index contributed by atoms with van der Waals surface area (Å²) in [6.07, 6.45) is 6.64. The maximum atomic E-state index is 11.8. The monoisotopic (exact) mass is 3000 g/mol. The third-order valence-electron chi connectivity index (χ3n) is 19.7. The van der Waals surface area contributed by atoms with Gasteiger partial charge in [0.05, 0.1) is 49.7 Å². The molecule has 0 fully saturated rings. The van der Waals surface area contributed by atoms with Crippen LogP contribution in [0.1, 0.15) is 52.0 Å². The van der Waals surface area contributed by atoms with Crippen molar-refractivity contribution in [3.63, 3.8) is 0 Å². The van der Waals surface area contributed by atoms with Crippen LogP contribution in [-0.4, -0.2) is 107 Å². The van der Waals surface area contributed by atoms with Crippen LogP contribution < -0.4 is 0 Å². The first-order valence-electron chi connectivity index (χ1n) is 43.8. The zero-order chi connectivity index (χ0) is 102. The molecule has 0 aliphatic heterocycles. The van der Waals surface area contributed by atoms with Gasteiger partial charge in [-0.2, -0.15) is 26.3 Å². The van der Waals surface area contributed by atoms with E-state index >= 15 is 0 Å². The van der Waals surface area contributed by atoms with Gasteiger partial charge in [0.15, 0.2) is 17.3 Å². The molecular formula is C117H90DyEuF6Ir3N8O10S2Tb-4. The van der Waals surface area contributed by atoms with Gasteiger partial charge in [0.1, 0.15) is 11.5 Å². The van der Waals surface area contributed by atoms with Crippen LogP contribution in [0.3, 0.4) is 0 Å². The van der Waals surface area contributed by atoms with Crippen molar-refractivity contribution in [1.82, 2.24) is 39.9 Å². The zero-order valence-corrected chi connectivity index (χ0v) is 95.1. The Morgan fingerprint density at radius 1 is 0.349 bits per heavy atom. The molecule has 21 aromatic rings. The molecule has 149 heavy (non-hydrogen) atoms. The van der Waals surface area contributed by atoms with Gasteiger partial charge >= 0.3 is 12.4 Å². The quantitative estimate of drug-likeness (QED) is 0.0279. The predicted molar refractivity (Wildman–Crippen MR) is 561 cm³/mol. The fourth-order valence-corrected chi connectivity index (χ4v) is 15.1. The molecule has 10 aromatic heterocycles. The third-order valence-corrected chi connectivity index (χ3v) is 21.7. The molecule has 769 valence electrons. The molecule has 5 radical (unpaired) electrons. The van der Waals surface area contributed by atoms with E-state index in [9.17, 15) is 55.4 Å². The number of halogens is 6. The number of ketones is 5. The molecule has 0 saturated carbocycles. The fraction of sp³-hybridized carbons (Fsp3) is 0.0684. The predicted octanol–water partition coefficient (Wildman–Crippen LogP) is 29.7. The largest absolute Gasteiger partial charge is 0.512 e. The molecule has 0 spiro atoms. The van der Waals surface area contributed by atoms with E-state index < -0.39 is 35.4 Å². The molecule has 11 aromatic carbocycles. The zero-order valence-electron chi connectivity index (χ0n) is 79.6. The first kappa shape index (κ1) is 128. The SMILES string of the molecule is CC(=O)C=C(C)O.CC(=O)C=C(C)O.CC(=O)C=C(C)O.O=C(C=C(O)c1ccccc1)C(F)(F)F.O=C(C=C(O)c1cccs1)C(F)(F)F.[Dy].[Eu].[Ir].[Ir].[Ir].[Tb].[c-]1c(-c2ccccn2)sc2ccccc12.[c-]1cc2ccccc2cc1-c1nccc2ccccc12.[c-]1cccc2ccc3cccnc3c12.[c-]1ccccc1-c1ccc2ccccc2n1.c1cnc2c(c1)ccc1cccnc12.c1cnc2c(c1)ccc1cccnc12. The van der Waals surface area contributed by atoms with Gasteiger partial charge in [-0.25, -0.2) is 11.3 Å². The van der Waals surface area contributed by atoms with Gasteiger partial charge < -0.3 is 40.5 Å². The summed E-state index contributed by atoms with van der Waals surface area (Å²) in [6, 6.07) is 119. The van der Waals surface area contributed by atoms with Gasteiger partial charge in [-0.15, -0.1) is 135 Å². The van der Waals surface area contributed by atoms with Crippen molar-refractivity contribution in [3.05, 3.63) is 459 Å². The Hall–Kier alpha value is -11.7. The Labute approximate surface area is 1010 Å². The number of hydrogen-bond donors (Lipinski definition) is 5. The number of fused-ring (bicyclic) bond motifs is 13. The van der Waals surface area contributed by atoms with Gasteiger partial charge in [-0.05, 0) is 150 Å². The van der Waals surface area contributed by atoms with Crippen molar-refractivity contribution >= 4 is 171 Å². The summed E-state index contributed by atoms with van der Waals surface area (Å²) in [5, 5.41) is 60.1. The number of benzene rings is 11. The van der Waals surface area contributed by atoms with E-state index in [1.54, 1.807) is 53.6 Å². The first-order valence-corrected chi connectivity index (χ1v) is 45.5. The molecule has 0 atom stereocenters. The van der Waals surface area contributed by atoms with Crippen LogP contribution in [0.4, 0.5) is 26.3 Å². The average molecular weight is 3000 g/mol. The van der Waals surface area contributed by atoms with Crippen LogP contribution >= 0.6 is 22.7 Å². The smallest absolute Gasteiger partial charge is 0.454 e. The number of hydrogen-bond acceptors (Lipinski definition) is 20. The molecular weight excluding hydrogens is 2910 g/mol. The van der Waals surface area contributed by atoms with E-state index in [0.29, 0.717) is 0 Å².